The Morgan fingerprint density at radius 3 is 2.67 bits per heavy atom. The second-order valence-electron chi connectivity index (χ2n) is 4.65. The van der Waals surface area contributed by atoms with Crippen LogP contribution in [0, 0.1) is 0 Å². The van der Waals surface area contributed by atoms with Gasteiger partial charge in [-0.25, -0.2) is 15.0 Å². The molecule has 2 N–H and O–H groups in total. The average molecular weight is 285 g/mol. The van der Waals surface area contributed by atoms with Crippen LogP contribution in [-0.4, -0.2) is 34.3 Å². The van der Waals surface area contributed by atoms with Crippen LogP contribution >= 0.6 is 0 Å². The van der Waals surface area contributed by atoms with Crippen molar-refractivity contribution in [3.8, 4) is 11.3 Å². The quantitative estimate of drug-likeness (QED) is 0.819. The number of rotatable bonds is 6. The van der Waals surface area contributed by atoms with Crippen LogP contribution < -0.4 is 10.6 Å². The molecular formula is C15H19N5O. The maximum absolute atomic E-state index is 11.1. The number of aldehydes is 1. The van der Waals surface area contributed by atoms with Crippen molar-refractivity contribution in [2.45, 2.75) is 20.3 Å². The van der Waals surface area contributed by atoms with Crippen LogP contribution in [0.4, 0.5) is 11.8 Å². The number of nitrogen functional groups attached to an aromatic ring is 1. The first-order valence-corrected chi connectivity index (χ1v) is 6.99. The number of nitrogens with zero attached hydrogens (tertiary/aromatic N) is 4. The van der Waals surface area contributed by atoms with Crippen molar-refractivity contribution in [2.75, 3.05) is 23.7 Å². The standard InChI is InChI=1S/C15H19N5O/c1-3-7-20(4-2)15-18-12(10-21)8-13(19-15)11-5-6-14(16)17-9-11/h5-6,8-10H,3-4,7H2,1-2H3,(H2,16,17). The van der Waals surface area contributed by atoms with E-state index in [-0.39, 0.29) is 0 Å². The number of hydrogen-bond donors (Lipinski definition) is 1. The third kappa shape index (κ3) is 3.53. The summed E-state index contributed by atoms with van der Waals surface area (Å²) in [5, 5.41) is 0. The van der Waals surface area contributed by atoms with Crippen molar-refractivity contribution in [1.82, 2.24) is 15.0 Å². The molecule has 0 amide bonds. The summed E-state index contributed by atoms with van der Waals surface area (Å²) in [5.74, 6) is 1.01. The molecule has 0 aromatic carbocycles. The first kappa shape index (κ1) is 14.9. The largest absolute Gasteiger partial charge is 0.384 e. The molecule has 0 aliphatic carbocycles. The van der Waals surface area contributed by atoms with Crippen molar-refractivity contribution in [3.05, 3.63) is 30.1 Å². The van der Waals surface area contributed by atoms with Gasteiger partial charge < -0.3 is 10.6 Å². The first-order valence-electron chi connectivity index (χ1n) is 6.99. The zero-order valence-corrected chi connectivity index (χ0v) is 12.3. The van der Waals surface area contributed by atoms with Gasteiger partial charge in [0.2, 0.25) is 5.95 Å². The summed E-state index contributed by atoms with van der Waals surface area (Å²) in [5.41, 5.74) is 7.43. The van der Waals surface area contributed by atoms with Gasteiger partial charge in [-0.2, -0.15) is 0 Å². The second kappa shape index (κ2) is 6.78. The Bertz CT molecular complexity index is 612. The lowest BCUT2D eigenvalue weighted by atomic mass is 10.2. The highest BCUT2D eigenvalue weighted by Gasteiger charge is 2.11. The minimum Gasteiger partial charge on any atom is -0.384 e. The van der Waals surface area contributed by atoms with E-state index < -0.39 is 0 Å². The van der Waals surface area contributed by atoms with Gasteiger partial charge >= 0.3 is 0 Å². The topological polar surface area (TPSA) is 85.0 Å². The number of anilines is 2. The molecule has 0 unspecified atom stereocenters. The number of nitrogens with two attached hydrogens (primary N) is 1. The van der Waals surface area contributed by atoms with Crippen LogP contribution in [0.5, 0.6) is 0 Å². The molecule has 21 heavy (non-hydrogen) atoms. The van der Waals surface area contributed by atoms with Crippen LogP contribution in [0.3, 0.4) is 0 Å². The Morgan fingerprint density at radius 2 is 2.10 bits per heavy atom. The van der Waals surface area contributed by atoms with Crippen molar-refractivity contribution in [3.63, 3.8) is 0 Å². The van der Waals surface area contributed by atoms with Crippen molar-refractivity contribution in [2.24, 2.45) is 0 Å². The minimum atomic E-state index is 0.362. The van der Waals surface area contributed by atoms with Crippen LogP contribution in [0.2, 0.25) is 0 Å². The highest BCUT2D eigenvalue weighted by molar-refractivity contribution is 5.76. The Hall–Kier alpha value is -2.50. The van der Waals surface area contributed by atoms with Gasteiger partial charge in [-0.1, -0.05) is 6.92 Å². The van der Waals surface area contributed by atoms with E-state index in [1.807, 2.05) is 17.9 Å². The molecule has 6 nitrogen and oxygen atoms in total. The van der Waals surface area contributed by atoms with E-state index in [0.29, 0.717) is 23.2 Å². The molecule has 2 aromatic heterocycles. The second-order valence-corrected chi connectivity index (χ2v) is 4.65. The molecule has 2 rings (SSSR count). The van der Waals surface area contributed by atoms with Gasteiger partial charge in [-0.15, -0.1) is 0 Å². The zero-order chi connectivity index (χ0) is 15.2. The van der Waals surface area contributed by atoms with Crippen molar-refractivity contribution < 1.29 is 4.79 Å². The SMILES string of the molecule is CCCN(CC)c1nc(C=O)cc(-c2ccc(N)nc2)n1. The summed E-state index contributed by atoms with van der Waals surface area (Å²) in [6, 6.07) is 5.20. The monoisotopic (exact) mass is 285 g/mol. The van der Waals surface area contributed by atoms with Crippen LogP contribution in [0.15, 0.2) is 24.4 Å². The maximum atomic E-state index is 11.1. The predicted octanol–water partition coefficient (Wildman–Crippen LogP) is 2.17. The number of aromatic nitrogens is 3. The van der Waals surface area contributed by atoms with Gasteiger partial charge in [0.05, 0.1) is 5.69 Å². The summed E-state index contributed by atoms with van der Waals surface area (Å²) in [6.07, 6.45) is 3.37. The number of carbonyl (C=O) groups excluding carboxylic acids is 1. The Balaban J connectivity index is 2.46. The van der Waals surface area contributed by atoms with E-state index in [4.69, 9.17) is 5.73 Å². The molecule has 0 saturated heterocycles. The summed E-state index contributed by atoms with van der Waals surface area (Å²) < 4.78 is 0. The van der Waals surface area contributed by atoms with E-state index in [1.165, 1.54) is 0 Å². The fourth-order valence-electron chi connectivity index (χ4n) is 2.03. The Morgan fingerprint density at radius 1 is 1.29 bits per heavy atom. The summed E-state index contributed by atoms with van der Waals surface area (Å²) in [6.45, 7) is 5.77. The molecule has 0 saturated carbocycles. The van der Waals surface area contributed by atoms with Gasteiger partial charge in [0, 0.05) is 24.8 Å². The van der Waals surface area contributed by atoms with Gasteiger partial charge in [0.1, 0.15) is 11.5 Å². The molecule has 0 radical (unpaired) electrons. The van der Waals surface area contributed by atoms with E-state index in [2.05, 4.69) is 21.9 Å². The van der Waals surface area contributed by atoms with Gasteiger partial charge in [-0.3, -0.25) is 4.79 Å². The van der Waals surface area contributed by atoms with E-state index in [0.717, 1.165) is 31.4 Å². The number of carbonyl (C=O) groups is 1. The van der Waals surface area contributed by atoms with E-state index in [1.54, 1.807) is 18.3 Å². The fourth-order valence-corrected chi connectivity index (χ4v) is 2.03. The molecule has 0 bridgehead atoms. The Labute approximate surface area is 124 Å². The lowest BCUT2D eigenvalue weighted by molar-refractivity contribution is 0.111. The first-order chi connectivity index (χ1) is 10.2. The third-order valence-corrected chi connectivity index (χ3v) is 3.10. The smallest absolute Gasteiger partial charge is 0.226 e. The van der Waals surface area contributed by atoms with Crippen molar-refractivity contribution in [1.29, 1.82) is 0 Å². The lowest BCUT2D eigenvalue weighted by Gasteiger charge is -2.20. The molecule has 110 valence electrons. The van der Waals surface area contributed by atoms with Gasteiger partial charge in [-0.05, 0) is 31.5 Å². The molecule has 6 heteroatoms. The van der Waals surface area contributed by atoms with Crippen LogP contribution in [-0.2, 0) is 0 Å². The summed E-state index contributed by atoms with van der Waals surface area (Å²) in [7, 11) is 0. The molecular weight excluding hydrogens is 266 g/mol. The average Bonchev–Trinajstić information content (AvgIpc) is 2.52. The molecule has 2 heterocycles. The molecule has 0 atom stereocenters. The fraction of sp³-hybridized carbons (Fsp3) is 0.333. The highest BCUT2D eigenvalue weighted by atomic mass is 16.1. The van der Waals surface area contributed by atoms with Gasteiger partial charge in [0.25, 0.3) is 0 Å². The maximum Gasteiger partial charge on any atom is 0.226 e. The molecule has 0 aliphatic heterocycles. The molecule has 0 aliphatic rings. The molecule has 2 aromatic rings. The lowest BCUT2D eigenvalue weighted by Crippen LogP contribution is -2.26. The number of hydrogen-bond acceptors (Lipinski definition) is 6. The summed E-state index contributed by atoms with van der Waals surface area (Å²) in [4.78, 5) is 26.1. The number of pyridine rings is 1. The molecule has 0 fully saturated rings. The van der Waals surface area contributed by atoms with E-state index in [9.17, 15) is 4.79 Å². The predicted molar refractivity (Wildman–Crippen MR) is 83.2 cm³/mol. The van der Waals surface area contributed by atoms with E-state index >= 15 is 0 Å². The van der Waals surface area contributed by atoms with Crippen molar-refractivity contribution >= 4 is 18.1 Å². The normalized spacial score (nSPS) is 10.4. The zero-order valence-electron chi connectivity index (χ0n) is 12.3. The molecule has 0 spiro atoms. The van der Waals surface area contributed by atoms with Crippen LogP contribution in [0.1, 0.15) is 30.8 Å². The van der Waals surface area contributed by atoms with Crippen LogP contribution in [0.25, 0.3) is 11.3 Å². The van der Waals surface area contributed by atoms with Gasteiger partial charge in [0.15, 0.2) is 6.29 Å². The third-order valence-electron chi connectivity index (χ3n) is 3.10. The minimum absolute atomic E-state index is 0.362. The Kier molecular flexibility index (Phi) is 4.81. The summed E-state index contributed by atoms with van der Waals surface area (Å²) >= 11 is 0. The highest BCUT2D eigenvalue weighted by Crippen LogP contribution is 2.20.